The summed E-state index contributed by atoms with van der Waals surface area (Å²) in [4.78, 5) is 2.32. The van der Waals surface area contributed by atoms with Gasteiger partial charge in [0.2, 0.25) is 0 Å². The Labute approximate surface area is 339 Å². The standard InChI is InChI=1S/C54H36N2OS/c1-3-13-35(14-4-1)37-25-30-50-47(31-37)42-17-7-10-20-49(42)56(50)41-32-46(54-48(33-41)45-19-9-12-22-53(45)58-54)36-23-26-39(27-24-36)55(38-15-5-2-6-16-38)40-28-29-44-43-18-8-11-21-51(43)57-52(44)34-40/h1-8,10-11,13-34H,9,12H2. The molecule has 0 radical (unpaired) electrons. The molecule has 0 saturated carbocycles. The smallest absolute Gasteiger partial charge is 0.137 e. The van der Waals surface area contributed by atoms with Crippen LogP contribution in [-0.2, 0) is 0 Å². The van der Waals surface area contributed by atoms with E-state index >= 15 is 0 Å². The number of furan rings is 1. The highest BCUT2D eigenvalue weighted by molar-refractivity contribution is 7.17. The van der Waals surface area contributed by atoms with Crippen molar-refractivity contribution < 1.29 is 4.42 Å². The number of hydrogen-bond acceptors (Lipinski definition) is 3. The van der Waals surface area contributed by atoms with Crippen molar-refractivity contribution in [2.24, 2.45) is 0 Å². The second kappa shape index (κ2) is 13.2. The average molecular weight is 761 g/mol. The summed E-state index contributed by atoms with van der Waals surface area (Å²) in [6, 6.07) is 65.9. The molecule has 0 atom stereocenters. The second-order valence-corrected chi connectivity index (χ2v) is 16.2. The number of rotatable bonds is 6. The minimum atomic E-state index is 0.882. The molecule has 58 heavy (non-hydrogen) atoms. The quantitative estimate of drug-likeness (QED) is 0.168. The average Bonchev–Trinajstić information content (AvgIpc) is 3.96. The summed E-state index contributed by atoms with van der Waals surface area (Å²) in [5.74, 6) is 0. The highest BCUT2D eigenvalue weighted by Gasteiger charge is 2.20. The van der Waals surface area contributed by atoms with Crippen LogP contribution in [0.2, 0.25) is 0 Å². The number of thiophene rings is 1. The molecule has 1 aliphatic carbocycles. The van der Waals surface area contributed by atoms with Crippen molar-refractivity contribution in [3.05, 3.63) is 192 Å². The third kappa shape index (κ3) is 5.26. The number of hydrogen-bond donors (Lipinski definition) is 0. The Morgan fingerprint density at radius 2 is 1.12 bits per heavy atom. The van der Waals surface area contributed by atoms with E-state index in [4.69, 9.17) is 4.42 Å². The minimum Gasteiger partial charge on any atom is -0.456 e. The van der Waals surface area contributed by atoms with E-state index in [9.17, 15) is 0 Å². The van der Waals surface area contributed by atoms with Crippen LogP contribution in [0.5, 0.6) is 0 Å². The lowest BCUT2D eigenvalue weighted by Gasteiger charge is -2.25. The van der Waals surface area contributed by atoms with Gasteiger partial charge in [-0.15, -0.1) is 11.3 Å². The van der Waals surface area contributed by atoms with Crippen molar-refractivity contribution in [1.82, 2.24) is 4.57 Å². The summed E-state index contributed by atoms with van der Waals surface area (Å²) in [5, 5.41) is 7.47. The molecule has 0 unspecified atom stereocenters. The zero-order chi connectivity index (χ0) is 38.2. The molecule has 3 aromatic heterocycles. The first-order valence-corrected chi connectivity index (χ1v) is 20.8. The van der Waals surface area contributed by atoms with Gasteiger partial charge in [-0.25, -0.2) is 0 Å². The van der Waals surface area contributed by atoms with Crippen LogP contribution >= 0.6 is 11.3 Å². The van der Waals surface area contributed by atoms with Crippen LogP contribution in [0, 0.1) is 0 Å². The summed E-state index contributed by atoms with van der Waals surface area (Å²) in [7, 11) is 0. The normalized spacial score (nSPS) is 12.6. The van der Waals surface area contributed by atoms with Gasteiger partial charge in [-0.1, -0.05) is 115 Å². The fourth-order valence-electron chi connectivity index (χ4n) is 9.10. The fraction of sp³-hybridized carbons (Fsp3) is 0.0370. The fourth-order valence-corrected chi connectivity index (χ4v) is 10.4. The monoisotopic (exact) mass is 760 g/mol. The summed E-state index contributed by atoms with van der Waals surface area (Å²) >= 11 is 1.92. The number of anilines is 3. The van der Waals surface area contributed by atoms with E-state index in [0.29, 0.717) is 0 Å². The minimum absolute atomic E-state index is 0.882. The third-order valence-electron chi connectivity index (χ3n) is 11.8. The van der Waals surface area contributed by atoms with E-state index in [1.165, 1.54) is 69.6 Å². The van der Waals surface area contributed by atoms with Crippen LogP contribution < -0.4 is 14.7 Å². The molecule has 12 rings (SSSR count). The topological polar surface area (TPSA) is 21.3 Å². The highest BCUT2D eigenvalue weighted by atomic mass is 32.1. The van der Waals surface area contributed by atoms with Crippen molar-refractivity contribution >= 4 is 94.4 Å². The molecule has 3 nitrogen and oxygen atoms in total. The highest BCUT2D eigenvalue weighted by Crippen LogP contribution is 2.42. The Morgan fingerprint density at radius 3 is 1.98 bits per heavy atom. The molecule has 3 heterocycles. The Hall–Kier alpha value is -7.14. The van der Waals surface area contributed by atoms with E-state index in [2.05, 4.69) is 191 Å². The Bertz CT molecular complexity index is 3500. The van der Waals surface area contributed by atoms with Gasteiger partial charge in [0, 0.05) is 70.5 Å². The summed E-state index contributed by atoms with van der Waals surface area (Å²) in [5.41, 5.74) is 13.5. The predicted octanol–water partition coefficient (Wildman–Crippen LogP) is 14.1. The van der Waals surface area contributed by atoms with Crippen molar-refractivity contribution in [2.75, 3.05) is 4.90 Å². The number of para-hydroxylation sites is 3. The van der Waals surface area contributed by atoms with Crippen LogP contribution in [0.4, 0.5) is 17.1 Å². The van der Waals surface area contributed by atoms with Gasteiger partial charge in [0.05, 0.1) is 11.0 Å². The van der Waals surface area contributed by atoms with Crippen LogP contribution in [0.25, 0.3) is 93.9 Å². The number of benzene rings is 8. The van der Waals surface area contributed by atoms with Gasteiger partial charge in [0.15, 0.2) is 0 Å². The zero-order valence-corrected chi connectivity index (χ0v) is 32.4. The predicted molar refractivity (Wildman–Crippen MR) is 246 cm³/mol. The number of aromatic nitrogens is 1. The number of fused-ring (bicyclic) bond motifs is 9. The van der Waals surface area contributed by atoms with Crippen molar-refractivity contribution in [3.63, 3.8) is 0 Å². The first-order chi connectivity index (χ1) is 28.7. The van der Waals surface area contributed by atoms with Gasteiger partial charge in [0.1, 0.15) is 11.2 Å². The maximum atomic E-state index is 6.36. The SMILES string of the molecule is C1=c2sc3c(-c4ccc(N(c5ccccc5)c5ccc6c(c5)oc5ccccc56)cc4)cc(-n4c5ccccc5c5cc(-c6ccccc6)ccc54)cc3c2=CCC1. The van der Waals surface area contributed by atoms with Gasteiger partial charge in [-0.3, -0.25) is 0 Å². The van der Waals surface area contributed by atoms with Gasteiger partial charge < -0.3 is 13.9 Å². The largest absolute Gasteiger partial charge is 0.456 e. The van der Waals surface area contributed by atoms with E-state index in [-0.39, 0.29) is 0 Å². The molecule has 0 bridgehead atoms. The third-order valence-corrected chi connectivity index (χ3v) is 13.0. The lowest BCUT2D eigenvalue weighted by atomic mass is 10.0. The first-order valence-electron chi connectivity index (χ1n) is 20.0. The van der Waals surface area contributed by atoms with Gasteiger partial charge >= 0.3 is 0 Å². The summed E-state index contributed by atoms with van der Waals surface area (Å²) < 4.78 is 11.5. The Morgan fingerprint density at radius 1 is 0.448 bits per heavy atom. The molecule has 8 aromatic carbocycles. The lowest BCUT2D eigenvalue weighted by Crippen LogP contribution is -2.20. The van der Waals surface area contributed by atoms with Crippen LogP contribution in [0.15, 0.2) is 186 Å². The van der Waals surface area contributed by atoms with E-state index in [1.807, 2.05) is 23.5 Å². The molecule has 0 aliphatic heterocycles. The molecular weight excluding hydrogens is 725 g/mol. The zero-order valence-electron chi connectivity index (χ0n) is 31.6. The summed E-state index contributed by atoms with van der Waals surface area (Å²) in [6.07, 6.45) is 7.02. The van der Waals surface area contributed by atoms with E-state index in [0.717, 1.165) is 51.8 Å². The molecule has 0 spiro atoms. The Kier molecular flexibility index (Phi) is 7.54. The van der Waals surface area contributed by atoms with Gasteiger partial charge in [-0.05, 0) is 108 Å². The van der Waals surface area contributed by atoms with Crippen LogP contribution in [0.3, 0.4) is 0 Å². The molecule has 0 N–H and O–H groups in total. The second-order valence-electron chi connectivity index (χ2n) is 15.2. The first kappa shape index (κ1) is 33.0. The molecule has 0 saturated heterocycles. The van der Waals surface area contributed by atoms with Crippen LogP contribution in [-0.4, -0.2) is 4.57 Å². The van der Waals surface area contributed by atoms with Crippen molar-refractivity contribution in [1.29, 1.82) is 0 Å². The molecule has 4 heteroatoms. The molecule has 1 aliphatic rings. The molecule has 11 aromatic rings. The Balaban J connectivity index is 1.03. The molecule has 0 amide bonds. The molecule has 274 valence electrons. The lowest BCUT2D eigenvalue weighted by molar-refractivity contribution is 0.669. The number of nitrogens with zero attached hydrogens (tertiary/aromatic N) is 2. The molecule has 0 fully saturated rings. The van der Waals surface area contributed by atoms with E-state index < -0.39 is 0 Å². The summed E-state index contributed by atoms with van der Waals surface area (Å²) in [6.45, 7) is 0. The maximum Gasteiger partial charge on any atom is 0.137 e. The van der Waals surface area contributed by atoms with Crippen LogP contribution in [0.1, 0.15) is 12.8 Å². The van der Waals surface area contributed by atoms with Gasteiger partial charge in [-0.2, -0.15) is 0 Å². The molecular formula is C54H36N2OS. The van der Waals surface area contributed by atoms with Crippen molar-refractivity contribution in [2.45, 2.75) is 12.8 Å². The van der Waals surface area contributed by atoms with Crippen molar-refractivity contribution in [3.8, 4) is 27.9 Å². The van der Waals surface area contributed by atoms with Gasteiger partial charge in [0.25, 0.3) is 0 Å². The maximum absolute atomic E-state index is 6.36. The van der Waals surface area contributed by atoms with E-state index in [1.54, 1.807) is 0 Å².